The average Bonchev–Trinajstić information content (AvgIpc) is 2.69. The molecule has 3 aromatic carbocycles. The maximum atomic E-state index is 13.1. The van der Waals surface area contributed by atoms with Gasteiger partial charge in [0.1, 0.15) is 5.75 Å². The molecule has 3 nitrogen and oxygen atoms in total. The fraction of sp³-hybridized carbons (Fsp3) is 0.0870. The smallest absolute Gasteiger partial charge is 0.256 e. The number of hydrogen-bond donors (Lipinski definition) is 1. The number of carbonyl (C=O) groups excluding carboxylic acids is 1. The number of hydrogen-bond acceptors (Lipinski definition) is 2. The quantitative estimate of drug-likeness (QED) is 0.428. The summed E-state index contributed by atoms with van der Waals surface area (Å²) in [6.45, 7) is 2.43. The number of carbonyl (C=O) groups is 1. The third kappa shape index (κ3) is 4.78. The minimum absolute atomic E-state index is 0.228. The number of amides is 1. The molecule has 0 fully saturated rings. The van der Waals surface area contributed by atoms with Crippen LogP contribution in [0.3, 0.4) is 0 Å². The van der Waals surface area contributed by atoms with Gasteiger partial charge in [-0.2, -0.15) is 0 Å². The fourth-order valence-electron chi connectivity index (χ4n) is 2.69. The van der Waals surface area contributed by atoms with Gasteiger partial charge >= 0.3 is 0 Å². The Bertz CT molecular complexity index is 951. The number of para-hydroxylation sites is 2. The van der Waals surface area contributed by atoms with Gasteiger partial charge in [-0.15, -0.1) is 0 Å². The molecule has 0 aliphatic heterocycles. The van der Waals surface area contributed by atoms with Gasteiger partial charge < -0.3 is 10.1 Å². The molecule has 4 heteroatoms. The summed E-state index contributed by atoms with van der Waals surface area (Å²) in [5.41, 5.74) is 2.75. The van der Waals surface area contributed by atoms with Gasteiger partial charge in [0.25, 0.3) is 5.91 Å². The second kappa shape index (κ2) is 9.06. The first-order valence-corrected chi connectivity index (χ1v) is 9.11. The first kappa shape index (κ1) is 18.7. The molecular weight excluding hydrogens is 358 g/mol. The lowest BCUT2D eigenvalue weighted by molar-refractivity contribution is -0.111. The Morgan fingerprint density at radius 2 is 1.63 bits per heavy atom. The van der Waals surface area contributed by atoms with Gasteiger partial charge in [-0.1, -0.05) is 72.3 Å². The molecule has 1 N–H and O–H groups in total. The normalized spacial score (nSPS) is 11.1. The van der Waals surface area contributed by atoms with Crippen molar-refractivity contribution in [2.75, 3.05) is 11.9 Å². The molecule has 3 aromatic rings. The van der Waals surface area contributed by atoms with Crippen LogP contribution in [0.15, 0.2) is 78.9 Å². The predicted octanol–water partition coefficient (Wildman–Crippen LogP) is 5.92. The highest BCUT2D eigenvalue weighted by Gasteiger charge is 2.15. The molecule has 0 bridgehead atoms. The molecule has 3 rings (SSSR count). The molecule has 0 unspecified atom stereocenters. The Hall–Kier alpha value is -3.04. The molecule has 0 spiro atoms. The summed E-state index contributed by atoms with van der Waals surface area (Å²) < 4.78 is 5.61. The number of anilines is 1. The van der Waals surface area contributed by atoms with E-state index in [0.29, 0.717) is 28.6 Å². The highest BCUT2D eigenvalue weighted by molar-refractivity contribution is 6.34. The first-order chi connectivity index (χ1) is 13.2. The van der Waals surface area contributed by atoms with Crippen molar-refractivity contribution in [3.63, 3.8) is 0 Å². The van der Waals surface area contributed by atoms with E-state index in [1.165, 1.54) is 0 Å². The van der Waals surface area contributed by atoms with E-state index in [1.807, 2.05) is 79.7 Å². The van der Waals surface area contributed by atoms with Crippen molar-refractivity contribution in [1.82, 2.24) is 0 Å². The van der Waals surface area contributed by atoms with Crippen molar-refractivity contribution in [3.8, 4) is 5.75 Å². The molecule has 0 aromatic heterocycles. The maximum Gasteiger partial charge on any atom is 0.256 e. The zero-order chi connectivity index (χ0) is 19.1. The Kier molecular flexibility index (Phi) is 6.29. The fourth-order valence-corrected chi connectivity index (χ4v) is 2.88. The van der Waals surface area contributed by atoms with Crippen LogP contribution in [0.1, 0.15) is 18.1 Å². The summed E-state index contributed by atoms with van der Waals surface area (Å²) in [4.78, 5) is 13.1. The van der Waals surface area contributed by atoms with E-state index in [-0.39, 0.29) is 5.91 Å². The van der Waals surface area contributed by atoms with Crippen LogP contribution in [0.4, 0.5) is 5.69 Å². The van der Waals surface area contributed by atoms with Gasteiger partial charge in [-0.3, -0.25) is 4.79 Å². The molecule has 0 radical (unpaired) electrons. The highest BCUT2D eigenvalue weighted by Crippen LogP contribution is 2.28. The van der Waals surface area contributed by atoms with E-state index < -0.39 is 0 Å². The number of benzene rings is 3. The van der Waals surface area contributed by atoms with Gasteiger partial charge in [0, 0.05) is 10.6 Å². The lowest BCUT2D eigenvalue weighted by atomic mass is 10.0. The molecule has 0 heterocycles. The Morgan fingerprint density at radius 1 is 0.963 bits per heavy atom. The van der Waals surface area contributed by atoms with E-state index in [0.717, 1.165) is 11.1 Å². The van der Waals surface area contributed by atoms with Crippen LogP contribution in [0, 0.1) is 0 Å². The van der Waals surface area contributed by atoms with Crippen LogP contribution in [0.25, 0.3) is 11.6 Å². The predicted molar refractivity (Wildman–Crippen MR) is 112 cm³/mol. The average molecular weight is 378 g/mol. The molecule has 0 atom stereocenters. The maximum absolute atomic E-state index is 13.1. The zero-order valence-corrected chi connectivity index (χ0v) is 15.7. The summed E-state index contributed by atoms with van der Waals surface area (Å²) in [5, 5.41) is 3.55. The Labute approximate surface area is 164 Å². The minimum Gasteiger partial charge on any atom is -0.492 e. The van der Waals surface area contributed by atoms with Gasteiger partial charge in [0.05, 0.1) is 12.3 Å². The highest BCUT2D eigenvalue weighted by atomic mass is 35.5. The first-order valence-electron chi connectivity index (χ1n) is 8.74. The van der Waals surface area contributed by atoms with Crippen molar-refractivity contribution in [2.45, 2.75) is 6.92 Å². The van der Waals surface area contributed by atoms with Crippen molar-refractivity contribution >= 4 is 34.8 Å². The monoisotopic (exact) mass is 377 g/mol. The van der Waals surface area contributed by atoms with Gasteiger partial charge in [-0.25, -0.2) is 0 Å². The molecule has 0 aliphatic rings. The van der Waals surface area contributed by atoms with E-state index in [1.54, 1.807) is 12.1 Å². The number of nitrogens with one attached hydrogen (secondary N) is 1. The van der Waals surface area contributed by atoms with Crippen molar-refractivity contribution in [1.29, 1.82) is 0 Å². The summed E-state index contributed by atoms with van der Waals surface area (Å²) in [6.07, 6.45) is 1.80. The van der Waals surface area contributed by atoms with E-state index >= 15 is 0 Å². The lowest BCUT2D eigenvalue weighted by Gasteiger charge is -2.13. The summed E-state index contributed by atoms with van der Waals surface area (Å²) in [7, 11) is 0. The summed E-state index contributed by atoms with van der Waals surface area (Å²) in [6, 6.07) is 24.3. The molecule has 0 saturated carbocycles. The topological polar surface area (TPSA) is 38.3 Å². The van der Waals surface area contributed by atoms with Gasteiger partial charge in [0.15, 0.2) is 0 Å². The lowest BCUT2D eigenvalue weighted by Crippen LogP contribution is -2.14. The largest absolute Gasteiger partial charge is 0.492 e. The van der Waals surface area contributed by atoms with Crippen molar-refractivity contribution in [2.24, 2.45) is 0 Å². The number of halogens is 1. The van der Waals surface area contributed by atoms with Crippen LogP contribution in [0.5, 0.6) is 5.75 Å². The van der Waals surface area contributed by atoms with Crippen LogP contribution in [-0.4, -0.2) is 12.5 Å². The van der Waals surface area contributed by atoms with Crippen LogP contribution in [-0.2, 0) is 4.79 Å². The molecule has 0 saturated heterocycles. The number of rotatable bonds is 6. The summed E-state index contributed by atoms with van der Waals surface area (Å²) >= 11 is 6.29. The van der Waals surface area contributed by atoms with Crippen LogP contribution < -0.4 is 10.1 Å². The van der Waals surface area contributed by atoms with Crippen molar-refractivity contribution < 1.29 is 9.53 Å². The minimum atomic E-state index is -0.228. The number of ether oxygens (including phenoxy) is 1. The molecule has 1 amide bonds. The standard InChI is InChI=1S/C23H20ClNO2/c1-2-27-22-15-9-8-14-21(22)25-23(26)19(17-10-4-3-5-11-17)16-18-12-6-7-13-20(18)24/h3-16H,2H2,1H3,(H,25,26)/b19-16+. The zero-order valence-electron chi connectivity index (χ0n) is 15.0. The Morgan fingerprint density at radius 3 is 2.37 bits per heavy atom. The molecule has 27 heavy (non-hydrogen) atoms. The van der Waals surface area contributed by atoms with Gasteiger partial charge in [0.2, 0.25) is 0 Å². The van der Waals surface area contributed by atoms with E-state index in [9.17, 15) is 4.79 Å². The third-order valence-electron chi connectivity index (χ3n) is 3.97. The second-order valence-corrected chi connectivity index (χ2v) is 6.24. The second-order valence-electron chi connectivity index (χ2n) is 5.83. The Balaban J connectivity index is 1.99. The van der Waals surface area contributed by atoms with Crippen molar-refractivity contribution in [3.05, 3.63) is 95.0 Å². The molecular formula is C23H20ClNO2. The summed E-state index contributed by atoms with van der Waals surface area (Å²) in [5.74, 6) is 0.409. The SMILES string of the molecule is CCOc1ccccc1NC(=O)/C(=C/c1ccccc1Cl)c1ccccc1. The van der Waals surface area contributed by atoms with Crippen LogP contribution >= 0.6 is 11.6 Å². The van der Waals surface area contributed by atoms with Crippen LogP contribution in [0.2, 0.25) is 5.02 Å². The molecule has 136 valence electrons. The third-order valence-corrected chi connectivity index (χ3v) is 4.31. The van der Waals surface area contributed by atoms with Gasteiger partial charge in [-0.05, 0) is 42.3 Å². The molecule has 0 aliphatic carbocycles. The van der Waals surface area contributed by atoms with E-state index in [2.05, 4.69) is 5.32 Å². The van der Waals surface area contributed by atoms with E-state index in [4.69, 9.17) is 16.3 Å².